The third-order valence-corrected chi connectivity index (χ3v) is 9.76. The molecule has 1 fully saturated rings. The van der Waals surface area contributed by atoms with Gasteiger partial charge in [-0.25, -0.2) is 25.3 Å². The maximum atomic E-state index is 13.8. The van der Waals surface area contributed by atoms with E-state index in [2.05, 4.69) is 47.9 Å². The number of carbonyl (C=O) groups is 2. The van der Waals surface area contributed by atoms with Crippen LogP contribution in [0.5, 0.6) is 11.6 Å². The Morgan fingerprint density at radius 2 is 1.78 bits per heavy atom. The smallest absolute Gasteiger partial charge is 0.341 e. The van der Waals surface area contributed by atoms with E-state index in [1.54, 1.807) is 67.2 Å². The summed E-state index contributed by atoms with van der Waals surface area (Å²) >= 11 is 0. The van der Waals surface area contributed by atoms with Crippen LogP contribution in [-0.4, -0.2) is 76.0 Å². The average molecular weight is 790 g/mol. The van der Waals surface area contributed by atoms with Gasteiger partial charge in [-0.3, -0.25) is 15.0 Å². The van der Waals surface area contributed by atoms with Crippen LogP contribution in [-0.2, 0) is 10.2 Å². The number of nitrogens with zero attached hydrogens (tertiary/aromatic N) is 7. The van der Waals surface area contributed by atoms with E-state index in [1.165, 1.54) is 0 Å². The highest BCUT2D eigenvalue weighted by Crippen LogP contribution is 2.36. The second-order valence-electron chi connectivity index (χ2n) is 14.4. The lowest BCUT2D eigenvalue weighted by atomic mass is 9.92. The van der Waals surface area contributed by atoms with E-state index < -0.39 is 11.4 Å². The number of nitrogens with one attached hydrogen (secondary N) is 3. The number of urea groups is 1. The number of carbonyl (C=O) groups excluding carboxylic acids is 2. The van der Waals surface area contributed by atoms with Crippen LogP contribution in [0.4, 0.5) is 27.9 Å². The van der Waals surface area contributed by atoms with Gasteiger partial charge in [-0.05, 0) is 63.2 Å². The van der Waals surface area contributed by atoms with Crippen molar-refractivity contribution in [3.8, 4) is 35.7 Å². The van der Waals surface area contributed by atoms with Crippen LogP contribution in [0, 0.1) is 30.6 Å². The number of aromatic nitrogens is 4. The van der Waals surface area contributed by atoms with Crippen molar-refractivity contribution in [3.05, 3.63) is 120 Å². The Labute approximate surface area is 341 Å². The van der Waals surface area contributed by atoms with Crippen LogP contribution in [0.3, 0.4) is 0 Å². The maximum Gasteiger partial charge on any atom is 0.341 e. The van der Waals surface area contributed by atoms with Crippen molar-refractivity contribution in [1.29, 1.82) is 5.26 Å². The average Bonchev–Trinajstić information content (AvgIpc) is 3.68. The first-order valence-corrected chi connectivity index (χ1v) is 19.0. The number of hydrazine groups is 1. The predicted octanol–water partition coefficient (Wildman–Crippen LogP) is 6.42. The van der Waals surface area contributed by atoms with Gasteiger partial charge in [-0.2, -0.15) is 15.3 Å². The van der Waals surface area contributed by atoms with E-state index in [0.717, 1.165) is 30.2 Å². The molecule has 298 valence electrons. The molecule has 3 amide bonds. The SMILES string of the molecule is C#Cc1cc(Nc2nccc(Oc3ccc(N(N)C(=O)Nc4cc(C(C)(C)C#N)nn4-c4ccc(C)cc4)c4ccccc34)n2)cc(C(=O)NCCN2CCOCC2)c1. The fraction of sp³-hybridized carbons (Fsp3) is 0.227. The zero-order valence-corrected chi connectivity index (χ0v) is 32.9. The maximum absolute atomic E-state index is 13.8. The Kier molecular flexibility index (Phi) is 11.8. The van der Waals surface area contributed by atoms with Crippen molar-refractivity contribution in [2.24, 2.45) is 5.84 Å². The highest BCUT2D eigenvalue weighted by Gasteiger charge is 2.27. The number of aryl methyl sites for hydroxylation is 1. The van der Waals surface area contributed by atoms with Gasteiger partial charge < -0.3 is 20.1 Å². The molecular formula is C44H43N11O4. The molecule has 0 saturated carbocycles. The summed E-state index contributed by atoms with van der Waals surface area (Å²) in [5, 5.41) is 25.8. The summed E-state index contributed by atoms with van der Waals surface area (Å²) in [5.74, 6) is 10.1. The van der Waals surface area contributed by atoms with Crippen molar-refractivity contribution in [1.82, 2.24) is 30.0 Å². The number of nitrogens with two attached hydrogens (primary N) is 1. The van der Waals surface area contributed by atoms with Gasteiger partial charge in [0.25, 0.3) is 5.91 Å². The Morgan fingerprint density at radius 1 is 1.02 bits per heavy atom. The number of hydrogen-bond donors (Lipinski definition) is 4. The van der Waals surface area contributed by atoms with Gasteiger partial charge in [0.05, 0.1) is 41.8 Å². The first kappa shape index (κ1) is 39.9. The molecule has 0 atom stereocenters. The van der Waals surface area contributed by atoms with Crippen LogP contribution in [0.15, 0.2) is 97.2 Å². The molecule has 1 saturated heterocycles. The Bertz CT molecular complexity index is 2590. The number of amides is 3. The molecule has 7 rings (SSSR count). The largest absolute Gasteiger partial charge is 0.438 e. The van der Waals surface area contributed by atoms with Gasteiger partial charge in [-0.15, -0.1) is 6.42 Å². The molecule has 4 aromatic carbocycles. The molecule has 59 heavy (non-hydrogen) atoms. The van der Waals surface area contributed by atoms with Crippen molar-refractivity contribution in [2.75, 3.05) is 55.0 Å². The molecular weight excluding hydrogens is 747 g/mol. The minimum Gasteiger partial charge on any atom is -0.438 e. The summed E-state index contributed by atoms with van der Waals surface area (Å²) in [5.41, 5.74) is 3.18. The predicted molar refractivity (Wildman–Crippen MR) is 226 cm³/mol. The van der Waals surface area contributed by atoms with E-state index in [-0.39, 0.29) is 17.7 Å². The van der Waals surface area contributed by atoms with Crippen LogP contribution >= 0.6 is 0 Å². The van der Waals surface area contributed by atoms with E-state index in [1.807, 2.05) is 55.5 Å². The second kappa shape index (κ2) is 17.5. The molecule has 0 aliphatic carbocycles. The van der Waals surface area contributed by atoms with Gasteiger partial charge in [0.2, 0.25) is 11.8 Å². The summed E-state index contributed by atoms with van der Waals surface area (Å²) in [4.78, 5) is 38.0. The van der Waals surface area contributed by atoms with Crippen molar-refractivity contribution in [2.45, 2.75) is 26.2 Å². The van der Waals surface area contributed by atoms with Gasteiger partial charge in [0, 0.05) is 72.1 Å². The number of hydrogen-bond acceptors (Lipinski definition) is 11. The van der Waals surface area contributed by atoms with Crippen LogP contribution in [0.1, 0.15) is 41.0 Å². The van der Waals surface area contributed by atoms with Gasteiger partial charge in [-0.1, -0.05) is 47.9 Å². The molecule has 15 nitrogen and oxygen atoms in total. The van der Waals surface area contributed by atoms with Crippen LogP contribution in [0.25, 0.3) is 16.5 Å². The molecule has 1 aliphatic heterocycles. The fourth-order valence-corrected chi connectivity index (χ4v) is 6.42. The Morgan fingerprint density at radius 3 is 2.53 bits per heavy atom. The van der Waals surface area contributed by atoms with Crippen LogP contribution in [0.2, 0.25) is 0 Å². The van der Waals surface area contributed by atoms with E-state index in [4.69, 9.17) is 21.7 Å². The quantitative estimate of drug-likeness (QED) is 0.0464. The standard InChI is InChI=1S/C44H43N11O4/c1-5-30-24-31(41(56)47-18-19-53-20-22-58-23-21-53)26-32(25-30)49-42-48-17-16-40(51-42)59-37-15-14-36(34-8-6-7-9-35(34)37)54(46)43(57)50-39-27-38(44(3,4)28-45)52-55(39)33-12-10-29(2)11-13-33/h1,6-17,24-27H,18-23,46H2,2-4H3,(H,47,56)(H,50,57)(H,48,49,51). The fourth-order valence-electron chi connectivity index (χ4n) is 6.42. The number of anilines is 4. The molecule has 1 aliphatic rings. The lowest BCUT2D eigenvalue weighted by molar-refractivity contribution is 0.0383. The minimum atomic E-state index is -0.914. The molecule has 0 unspecified atom stereocenters. The van der Waals surface area contributed by atoms with Crippen LogP contribution < -0.4 is 31.5 Å². The van der Waals surface area contributed by atoms with Crippen molar-refractivity contribution < 1.29 is 19.1 Å². The lowest BCUT2D eigenvalue weighted by Gasteiger charge is -2.26. The molecule has 15 heteroatoms. The number of benzene rings is 4. The normalized spacial score (nSPS) is 12.9. The first-order valence-electron chi connectivity index (χ1n) is 19.0. The van der Waals surface area contributed by atoms with E-state index >= 15 is 0 Å². The zero-order valence-electron chi connectivity index (χ0n) is 32.9. The monoisotopic (exact) mass is 789 g/mol. The summed E-state index contributed by atoms with van der Waals surface area (Å²) in [6.07, 6.45) is 7.28. The summed E-state index contributed by atoms with van der Waals surface area (Å²) < 4.78 is 13.3. The highest BCUT2D eigenvalue weighted by atomic mass is 16.5. The molecule has 0 radical (unpaired) electrons. The molecule has 6 aromatic rings. The zero-order chi connectivity index (χ0) is 41.5. The number of fused-ring (bicyclic) bond motifs is 1. The Hall–Kier alpha value is -7.30. The molecule has 3 heterocycles. The Balaban J connectivity index is 1.07. The van der Waals surface area contributed by atoms with Crippen molar-refractivity contribution in [3.63, 3.8) is 0 Å². The molecule has 0 spiro atoms. The lowest BCUT2D eigenvalue weighted by Crippen LogP contribution is -2.41. The van der Waals surface area contributed by atoms with Gasteiger partial charge in [0.15, 0.2) is 0 Å². The number of morpholine rings is 1. The molecule has 2 aromatic heterocycles. The number of rotatable bonds is 12. The molecule has 0 bridgehead atoms. The molecule has 5 N–H and O–H groups in total. The second-order valence-corrected chi connectivity index (χ2v) is 14.4. The van der Waals surface area contributed by atoms with Crippen molar-refractivity contribution >= 4 is 45.9 Å². The topological polar surface area (TPSA) is 189 Å². The number of terminal acetylenes is 1. The highest BCUT2D eigenvalue weighted by molar-refractivity contribution is 6.08. The third kappa shape index (κ3) is 9.30. The van der Waals surface area contributed by atoms with E-state index in [9.17, 15) is 14.9 Å². The van der Waals surface area contributed by atoms with Gasteiger partial charge in [0.1, 0.15) is 11.6 Å². The summed E-state index contributed by atoms with van der Waals surface area (Å²) in [6.45, 7) is 9.75. The summed E-state index contributed by atoms with van der Waals surface area (Å²) in [7, 11) is 0. The third-order valence-electron chi connectivity index (χ3n) is 9.76. The number of ether oxygens (including phenoxy) is 2. The van der Waals surface area contributed by atoms with E-state index in [0.29, 0.717) is 76.0 Å². The number of nitriles is 1. The minimum absolute atomic E-state index is 0.215. The first-order chi connectivity index (χ1) is 28.5. The van der Waals surface area contributed by atoms with Gasteiger partial charge >= 0.3 is 6.03 Å². The summed E-state index contributed by atoms with van der Waals surface area (Å²) in [6, 6.07) is 28.4.